The van der Waals surface area contributed by atoms with E-state index >= 15 is 0 Å². The number of halogens is 1. The minimum Gasteiger partial charge on any atom is -0.332 e. The summed E-state index contributed by atoms with van der Waals surface area (Å²) in [5.74, 6) is -0.267. The van der Waals surface area contributed by atoms with E-state index in [1.807, 2.05) is 55.5 Å². The van der Waals surface area contributed by atoms with Gasteiger partial charge in [0, 0.05) is 16.2 Å². The first-order valence-electron chi connectivity index (χ1n) is 6.65. The van der Waals surface area contributed by atoms with Crippen LogP contribution < -0.4 is 10.6 Å². The number of hydrogen-bond donors (Lipinski definition) is 2. The van der Waals surface area contributed by atoms with Crippen LogP contribution in [0.2, 0.25) is 0 Å². The van der Waals surface area contributed by atoms with E-state index in [2.05, 4.69) is 26.6 Å². The number of carbonyl (C=O) groups is 1. The molecule has 2 rings (SSSR count). The highest BCUT2D eigenvalue weighted by atomic mass is 79.9. The second-order valence-corrected chi connectivity index (χ2v) is 6.02. The Hall–Kier alpha value is -1.98. The van der Waals surface area contributed by atoms with E-state index < -0.39 is 0 Å². The number of benzene rings is 2. The van der Waals surface area contributed by atoms with E-state index in [9.17, 15) is 4.79 Å². The zero-order valence-electron chi connectivity index (χ0n) is 12.0. The Bertz CT molecular complexity index is 711. The predicted molar refractivity (Wildman–Crippen MR) is 98.7 cm³/mol. The van der Waals surface area contributed by atoms with E-state index in [1.165, 1.54) is 6.08 Å². The summed E-state index contributed by atoms with van der Waals surface area (Å²) in [5.41, 5.74) is 2.94. The molecule has 0 aliphatic heterocycles. The third-order valence-corrected chi connectivity index (χ3v) is 3.54. The van der Waals surface area contributed by atoms with Gasteiger partial charge in [0.2, 0.25) is 5.91 Å². The SMILES string of the molecule is Cc1cccc(C=CC(=O)NC(=S)Nc2ccc(Br)cc2)c1. The second kappa shape index (κ2) is 7.87. The first-order valence-corrected chi connectivity index (χ1v) is 7.85. The number of amides is 1. The molecule has 0 bridgehead atoms. The van der Waals surface area contributed by atoms with Crippen molar-refractivity contribution in [3.05, 3.63) is 70.2 Å². The van der Waals surface area contributed by atoms with Crippen molar-refractivity contribution >= 4 is 50.9 Å². The maximum Gasteiger partial charge on any atom is 0.250 e. The molecule has 0 radical (unpaired) electrons. The molecule has 0 atom stereocenters. The summed E-state index contributed by atoms with van der Waals surface area (Å²) in [5, 5.41) is 5.83. The lowest BCUT2D eigenvalue weighted by atomic mass is 10.1. The average Bonchev–Trinajstić information content (AvgIpc) is 2.47. The smallest absolute Gasteiger partial charge is 0.250 e. The molecule has 0 spiro atoms. The van der Waals surface area contributed by atoms with Gasteiger partial charge in [-0.1, -0.05) is 45.8 Å². The number of anilines is 1. The summed E-state index contributed by atoms with van der Waals surface area (Å²) >= 11 is 8.47. The number of rotatable bonds is 3. The molecule has 22 heavy (non-hydrogen) atoms. The maximum atomic E-state index is 11.8. The molecule has 2 aromatic carbocycles. The third kappa shape index (κ3) is 5.42. The Morgan fingerprint density at radius 2 is 1.91 bits per heavy atom. The molecule has 0 fully saturated rings. The maximum absolute atomic E-state index is 11.8. The van der Waals surface area contributed by atoms with Crippen molar-refractivity contribution in [1.82, 2.24) is 5.32 Å². The minimum absolute atomic E-state index is 0.265. The second-order valence-electron chi connectivity index (χ2n) is 4.70. The van der Waals surface area contributed by atoms with Gasteiger partial charge in [-0.3, -0.25) is 10.1 Å². The fraction of sp³-hybridized carbons (Fsp3) is 0.0588. The highest BCUT2D eigenvalue weighted by Crippen LogP contribution is 2.13. The summed E-state index contributed by atoms with van der Waals surface area (Å²) in [6, 6.07) is 15.4. The van der Waals surface area contributed by atoms with Gasteiger partial charge in [-0.15, -0.1) is 0 Å². The number of thiocarbonyl (C=S) groups is 1. The number of hydrogen-bond acceptors (Lipinski definition) is 2. The average molecular weight is 375 g/mol. The van der Waals surface area contributed by atoms with E-state index in [4.69, 9.17) is 12.2 Å². The van der Waals surface area contributed by atoms with Gasteiger partial charge in [-0.05, 0) is 55.0 Å². The molecule has 2 N–H and O–H groups in total. The highest BCUT2D eigenvalue weighted by molar-refractivity contribution is 9.10. The van der Waals surface area contributed by atoms with Crippen LogP contribution >= 0.6 is 28.1 Å². The predicted octanol–water partition coefficient (Wildman–Crippen LogP) is 4.28. The first-order chi connectivity index (χ1) is 10.5. The van der Waals surface area contributed by atoms with Crippen LogP contribution in [0.4, 0.5) is 5.69 Å². The molecule has 2 aromatic rings. The van der Waals surface area contributed by atoms with Crippen LogP contribution in [0, 0.1) is 6.92 Å². The number of nitrogens with one attached hydrogen (secondary N) is 2. The van der Waals surface area contributed by atoms with Gasteiger partial charge in [0.1, 0.15) is 0 Å². The monoisotopic (exact) mass is 374 g/mol. The summed E-state index contributed by atoms with van der Waals surface area (Å²) in [4.78, 5) is 11.8. The molecular formula is C17H15BrN2OS. The van der Waals surface area contributed by atoms with Gasteiger partial charge in [0.25, 0.3) is 0 Å². The molecule has 0 heterocycles. The van der Waals surface area contributed by atoms with Gasteiger partial charge in [-0.25, -0.2) is 0 Å². The summed E-state index contributed by atoms with van der Waals surface area (Å²) < 4.78 is 0.981. The topological polar surface area (TPSA) is 41.1 Å². The van der Waals surface area contributed by atoms with Gasteiger partial charge < -0.3 is 5.32 Å². The molecule has 0 aromatic heterocycles. The molecule has 5 heteroatoms. The molecule has 0 saturated heterocycles. The van der Waals surface area contributed by atoms with Crippen LogP contribution in [-0.2, 0) is 4.79 Å². The Kier molecular flexibility index (Phi) is 5.86. The number of carbonyl (C=O) groups excluding carboxylic acids is 1. The van der Waals surface area contributed by atoms with Crippen molar-refractivity contribution < 1.29 is 4.79 Å². The molecule has 0 aliphatic carbocycles. The fourth-order valence-electron chi connectivity index (χ4n) is 1.79. The van der Waals surface area contributed by atoms with E-state index in [0.717, 1.165) is 21.3 Å². The van der Waals surface area contributed by atoms with E-state index in [0.29, 0.717) is 0 Å². The summed E-state index contributed by atoms with van der Waals surface area (Å²) in [7, 11) is 0. The molecule has 3 nitrogen and oxygen atoms in total. The Balaban J connectivity index is 1.88. The molecule has 0 aliphatic rings. The Morgan fingerprint density at radius 3 is 2.59 bits per heavy atom. The van der Waals surface area contributed by atoms with Crippen molar-refractivity contribution in [1.29, 1.82) is 0 Å². The van der Waals surface area contributed by atoms with Crippen LogP contribution in [0.3, 0.4) is 0 Å². The molecule has 112 valence electrons. The summed E-state index contributed by atoms with van der Waals surface area (Å²) in [6.45, 7) is 2.01. The van der Waals surface area contributed by atoms with Gasteiger partial charge >= 0.3 is 0 Å². The standard InChI is InChI=1S/C17H15BrN2OS/c1-12-3-2-4-13(11-12)5-10-16(21)20-17(22)19-15-8-6-14(18)7-9-15/h2-11H,1H3,(H2,19,20,21,22). The normalized spacial score (nSPS) is 10.5. The summed E-state index contributed by atoms with van der Waals surface area (Å²) in [6.07, 6.45) is 3.22. The first kappa shape index (κ1) is 16.4. The molecular weight excluding hydrogens is 360 g/mol. The largest absolute Gasteiger partial charge is 0.332 e. The van der Waals surface area contributed by atoms with Crippen molar-refractivity contribution in [2.24, 2.45) is 0 Å². The Morgan fingerprint density at radius 1 is 1.18 bits per heavy atom. The third-order valence-electron chi connectivity index (χ3n) is 2.81. The van der Waals surface area contributed by atoms with E-state index in [-0.39, 0.29) is 11.0 Å². The highest BCUT2D eigenvalue weighted by Gasteiger charge is 2.01. The van der Waals surface area contributed by atoms with Crippen molar-refractivity contribution in [2.75, 3.05) is 5.32 Å². The Labute approximate surface area is 143 Å². The van der Waals surface area contributed by atoms with Gasteiger partial charge in [0.15, 0.2) is 5.11 Å². The van der Waals surface area contributed by atoms with Crippen LogP contribution in [0.1, 0.15) is 11.1 Å². The lowest BCUT2D eigenvalue weighted by molar-refractivity contribution is -0.115. The van der Waals surface area contributed by atoms with Gasteiger partial charge in [-0.2, -0.15) is 0 Å². The van der Waals surface area contributed by atoms with Crippen LogP contribution in [0.25, 0.3) is 6.08 Å². The van der Waals surface area contributed by atoms with Crippen molar-refractivity contribution in [3.8, 4) is 0 Å². The quantitative estimate of drug-likeness (QED) is 0.621. The van der Waals surface area contributed by atoms with Crippen LogP contribution in [0.15, 0.2) is 59.1 Å². The lowest BCUT2D eigenvalue weighted by Gasteiger charge is -2.08. The zero-order chi connectivity index (χ0) is 15.9. The van der Waals surface area contributed by atoms with Gasteiger partial charge in [0.05, 0.1) is 0 Å². The van der Waals surface area contributed by atoms with E-state index in [1.54, 1.807) is 6.08 Å². The van der Waals surface area contributed by atoms with Crippen LogP contribution in [0.5, 0.6) is 0 Å². The molecule has 1 amide bonds. The zero-order valence-corrected chi connectivity index (χ0v) is 14.4. The van der Waals surface area contributed by atoms with Crippen molar-refractivity contribution in [2.45, 2.75) is 6.92 Å². The minimum atomic E-state index is -0.267. The van der Waals surface area contributed by atoms with Crippen molar-refractivity contribution in [3.63, 3.8) is 0 Å². The fourth-order valence-corrected chi connectivity index (χ4v) is 2.28. The lowest BCUT2D eigenvalue weighted by Crippen LogP contribution is -2.32. The van der Waals surface area contributed by atoms with Crippen LogP contribution in [-0.4, -0.2) is 11.0 Å². The number of aryl methyl sites for hydroxylation is 1. The molecule has 0 unspecified atom stereocenters. The molecule has 0 saturated carbocycles.